The van der Waals surface area contributed by atoms with Gasteiger partial charge in [0.25, 0.3) is 0 Å². The van der Waals surface area contributed by atoms with Crippen LogP contribution in [-0.2, 0) is 22.7 Å². The summed E-state index contributed by atoms with van der Waals surface area (Å²) in [6.07, 6.45) is 6.44. The first-order chi connectivity index (χ1) is 16.7. The van der Waals surface area contributed by atoms with Gasteiger partial charge in [0, 0.05) is 35.0 Å². The summed E-state index contributed by atoms with van der Waals surface area (Å²) >= 11 is 0. The first-order valence-electron chi connectivity index (χ1n) is 11.9. The molecule has 1 fully saturated rings. The van der Waals surface area contributed by atoms with Crippen molar-refractivity contribution >= 4 is 33.4 Å². The van der Waals surface area contributed by atoms with E-state index in [1.165, 1.54) is 0 Å². The Morgan fingerprint density at radius 1 is 0.647 bits per heavy atom. The van der Waals surface area contributed by atoms with Crippen LogP contribution in [0.2, 0.25) is 0 Å². The second kappa shape index (κ2) is 10.00. The Bertz CT molecular complexity index is 1210. The van der Waals surface area contributed by atoms with Crippen LogP contribution in [0.1, 0.15) is 37.1 Å². The lowest BCUT2D eigenvalue weighted by Gasteiger charge is -2.27. The van der Waals surface area contributed by atoms with Crippen LogP contribution in [0.5, 0.6) is 0 Å². The van der Waals surface area contributed by atoms with Crippen LogP contribution < -0.4 is 10.6 Å². The summed E-state index contributed by atoms with van der Waals surface area (Å²) in [6.45, 7) is 0.831. The molecule has 6 nitrogen and oxygen atoms in total. The monoisotopic (exact) mass is 452 g/mol. The van der Waals surface area contributed by atoms with Crippen LogP contribution >= 0.6 is 0 Å². The molecule has 0 radical (unpaired) electrons. The minimum Gasteiger partial charge on any atom is -0.350 e. The van der Waals surface area contributed by atoms with E-state index in [0.29, 0.717) is 13.1 Å². The van der Waals surface area contributed by atoms with Gasteiger partial charge in [-0.2, -0.15) is 0 Å². The number of aromatic nitrogens is 2. The minimum atomic E-state index is -0.0567. The Morgan fingerprint density at radius 2 is 1.06 bits per heavy atom. The number of rotatable bonds is 6. The molecule has 0 bridgehead atoms. The van der Waals surface area contributed by atoms with E-state index in [1.807, 2.05) is 60.7 Å². The second-order valence-electron chi connectivity index (χ2n) is 8.94. The number of hydrogen-bond acceptors (Lipinski definition) is 4. The van der Waals surface area contributed by atoms with Crippen molar-refractivity contribution in [2.24, 2.45) is 11.8 Å². The maximum absolute atomic E-state index is 12.8. The van der Waals surface area contributed by atoms with Crippen molar-refractivity contribution < 1.29 is 9.59 Å². The Hall–Kier alpha value is -3.80. The fraction of sp³-hybridized carbons (Fsp3) is 0.286. The fourth-order valence-electron chi connectivity index (χ4n) is 4.89. The number of hydrogen-bond donors (Lipinski definition) is 2. The topological polar surface area (TPSA) is 84.0 Å². The van der Waals surface area contributed by atoms with Crippen molar-refractivity contribution in [2.45, 2.75) is 38.8 Å². The van der Waals surface area contributed by atoms with Crippen molar-refractivity contribution in [1.29, 1.82) is 0 Å². The number of carbonyl (C=O) groups excluding carboxylic acids is 2. The van der Waals surface area contributed by atoms with Gasteiger partial charge in [-0.1, -0.05) is 48.5 Å². The Morgan fingerprint density at radius 3 is 1.50 bits per heavy atom. The van der Waals surface area contributed by atoms with Gasteiger partial charge in [0.1, 0.15) is 0 Å². The Labute approximate surface area is 198 Å². The van der Waals surface area contributed by atoms with E-state index in [4.69, 9.17) is 0 Å². The summed E-state index contributed by atoms with van der Waals surface area (Å²) in [5.74, 6) is -0.0142. The maximum atomic E-state index is 12.8. The van der Waals surface area contributed by atoms with E-state index in [-0.39, 0.29) is 23.7 Å². The molecule has 2 heterocycles. The molecule has 4 aromatic rings. The standard InChI is InChI=1S/C28H28N4O2/c33-27(31-17-25-23-7-3-1-5-19(23)13-15-29-25)21-9-11-22(12-10-21)28(34)32-18-26-24-8-4-2-6-20(24)14-16-30-26/h1-8,13-16,21-22H,9-12,17-18H2,(H,31,33)(H,32,34). The highest BCUT2D eigenvalue weighted by atomic mass is 16.2. The van der Waals surface area contributed by atoms with E-state index in [1.54, 1.807) is 12.4 Å². The molecule has 172 valence electrons. The fourth-order valence-corrected chi connectivity index (χ4v) is 4.89. The molecule has 0 atom stereocenters. The molecule has 0 aliphatic heterocycles. The SMILES string of the molecule is O=C(NCc1nccc2ccccc12)C1CCC(C(=O)NCc2nccc3ccccc23)CC1. The van der Waals surface area contributed by atoms with Crippen LogP contribution in [-0.4, -0.2) is 21.8 Å². The zero-order valence-corrected chi connectivity index (χ0v) is 19.0. The number of amides is 2. The largest absolute Gasteiger partial charge is 0.350 e. The molecule has 5 rings (SSSR count). The number of nitrogens with one attached hydrogen (secondary N) is 2. The van der Waals surface area contributed by atoms with E-state index in [0.717, 1.165) is 58.6 Å². The molecule has 34 heavy (non-hydrogen) atoms. The molecule has 2 aromatic heterocycles. The summed E-state index contributed by atoms with van der Waals surface area (Å²) in [6, 6.07) is 20.1. The van der Waals surface area contributed by atoms with Gasteiger partial charge in [-0.15, -0.1) is 0 Å². The second-order valence-corrected chi connectivity index (χ2v) is 8.94. The molecule has 2 N–H and O–H groups in total. The van der Waals surface area contributed by atoms with Gasteiger partial charge >= 0.3 is 0 Å². The zero-order valence-electron chi connectivity index (χ0n) is 19.0. The van der Waals surface area contributed by atoms with Crippen molar-refractivity contribution in [2.75, 3.05) is 0 Å². The van der Waals surface area contributed by atoms with Crippen LogP contribution in [0.25, 0.3) is 21.5 Å². The van der Waals surface area contributed by atoms with Crippen LogP contribution in [0.4, 0.5) is 0 Å². The highest BCUT2D eigenvalue weighted by Crippen LogP contribution is 2.29. The molecule has 0 unspecified atom stereocenters. The molecule has 2 amide bonds. The summed E-state index contributed by atoms with van der Waals surface area (Å²) in [5.41, 5.74) is 1.75. The van der Waals surface area contributed by atoms with Crippen LogP contribution in [0.3, 0.4) is 0 Å². The average Bonchev–Trinajstić information content (AvgIpc) is 2.90. The van der Waals surface area contributed by atoms with Gasteiger partial charge in [0.2, 0.25) is 11.8 Å². The highest BCUT2D eigenvalue weighted by Gasteiger charge is 2.30. The van der Waals surface area contributed by atoms with Gasteiger partial charge < -0.3 is 10.6 Å². The van der Waals surface area contributed by atoms with E-state index in [2.05, 4.69) is 20.6 Å². The molecule has 1 saturated carbocycles. The van der Waals surface area contributed by atoms with Crippen molar-refractivity contribution in [3.63, 3.8) is 0 Å². The number of fused-ring (bicyclic) bond motifs is 2. The number of pyridine rings is 2. The van der Waals surface area contributed by atoms with Gasteiger partial charge in [-0.25, -0.2) is 0 Å². The molecule has 0 spiro atoms. The van der Waals surface area contributed by atoms with Gasteiger partial charge in [0.05, 0.1) is 24.5 Å². The first kappa shape index (κ1) is 22.0. The molecule has 1 aliphatic carbocycles. The summed E-state index contributed by atoms with van der Waals surface area (Å²) in [5, 5.41) is 10.5. The molecule has 1 aliphatic rings. The molecular weight excluding hydrogens is 424 g/mol. The van der Waals surface area contributed by atoms with E-state index >= 15 is 0 Å². The molecular formula is C28H28N4O2. The third-order valence-electron chi connectivity index (χ3n) is 6.84. The Balaban J connectivity index is 1.11. The smallest absolute Gasteiger partial charge is 0.223 e. The summed E-state index contributed by atoms with van der Waals surface area (Å²) < 4.78 is 0. The van der Waals surface area contributed by atoms with Crippen LogP contribution in [0, 0.1) is 11.8 Å². The van der Waals surface area contributed by atoms with Crippen LogP contribution in [0.15, 0.2) is 73.1 Å². The van der Waals surface area contributed by atoms with E-state index < -0.39 is 0 Å². The van der Waals surface area contributed by atoms with Crippen molar-refractivity contribution in [3.8, 4) is 0 Å². The molecule has 6 heteroatoms. The predicted octanol–water partition coefficient (Wildman–Crippen LogP) is 4.52. The van der Waals surface area contributed by atoms with Gasteiger partial charge in [0.15, 0.2) is 0 Å². The molecule has 2 aromatic carbocycles. The summed E-state index contributed by atoms with van der Waals surface area (Å²) in [7, 11) is 0. The van der Waals surface area contributed by atoms with Gasteiger partial charge in [-0.05, 0) is 48.6 Å². The van der Waals surface area contributed by atoms with Gasteiger partial charge in [-0.3, -0.25) is 19.6 Å². The average molecular weight is 453 g/mol. The third-order valence-corrected chi connectivity index (χ3v) is 6.84. The lowest BCUT2D eigenvalue weighted by molar-refractivity contribution is -0.130. The van der Waals surface area contributed by atoms with Crippen molar-refractivity contribution in [1.82, 2.24) is 20.6 Å². The minimum absolute atomic E-state index is 0.0496. The lowest BCUT2D eigenvalue weighted by Crippen LogP contribution is -2.37. The van der Waals surface area contributed by atoms with Crippen molar-refractivity contribution in [3.05, 3.63) is 84.4 Å². The van der Waals surface area contributed by atoms with E-state index in [9.17, 15) is 9.59 Å². The number of benzene rings is 2. The Kier molecular flexibility index (Phi) is 6.47. The predicted molar refractivity (Wildman–Crippen MR) is 133 cm³/mol. The lowest BCUT2D eigenvalue weighted by atomic mass is 9.81. The number of carbonyl (C=O) groups is 2. The summed E-state index contributed by atoms with van der Waals surface area (Å²) in [4.78, 5) is 34.4. The quantitative estimate of drug-likeness (QED) is 0.450. The highest BCUT2D eigenvalue weighted by molar-refractivity contribution is 5.86. The number of nitrogens with zero attached hydrogens (tertiary/aromatic N) is 2. The zero-order chi connectivity index (χ0) is 23.3. The first-order valence-corrected chi connectivity index (χ1v) is 11.9. The normalized spacial score (nSPS) is 18.0. The molecule has 0 saturated heterocycles. The third kappa shape index (κ3) is 4.76. The maximum Gasteiger partial charge on any atom is 0.223 e.